The van der Waals surface area contributed by atoms with Gasteiger partial charge in [0.25, 0.3) is 0 Å². The molecular weight excluding hydrogens is 549 g/mol. The molecule has 0 aliphatic carbocycles. The minimum atomic E-state index is 0.571. The van der Waals surface area contributed by atoms with Gasteiger partial charge in [-0.15, -0.1) is 0 Å². The van der Waals surface area contributed by atoms with E-state index in [9.17, 15) is 0 Å². The molecule has 0 bridgehead atoms. The summed E-state index contributed by atoms with van der Waals surface area (Å²) in [4.78, 5) is 14.5. The molecule has 5 rings (SSSR count). The number of hydrogen-bond donors (Lipinski definition) is 1. The van der Waals surface area contributed by atoms with Crippen LogP contribution in [0.1, 0.15) is 27.9 Å². The van der Waals surface area contributed by atoms with Gasteiger partial charge in [-0.05, 0) is 104 Å². The van der Waals surface area contributed by atoms with Crippen molar-refractivity contribution in [2.45, 2.75) is 35.6 Å². The normalized spacial score (nSPS) is 13.9. The first-order chi connectivity index (χ1) is 18.3. The van der Waals surface area contributed by atoms with E-state index in [2.05, 4.69) is 48.8 Å². The summed E-state index contributed by atoms with van der Waals surface area (Å²) in [7, 11) is 0. The van der Waals surface area contributed by atoms with Crippen LogP contribution in [0.2, 0.25) is 10.0 Å². The number of allylic oxidation sites excluding steroid dienone is 1. The summed E-state index contributed by atoms with van der Waals surface area (Å²) in [5, 5.41) is 3.08. The Hall–Kier alpha value is -3.14. The number of rotatable bonds is 5. The van der Waals surface area contributed by atoms with E-state index < -0.39 is 0 Å². The number of aromatic amines is 1. The number of halogens is 2. The first-order valence-corrected chi connectivity index (χ1v) is 14.3. The summed E-state index contributed by atoms with van der Waals surface area (Å²) in [5.41, 5.74) is 7.94. The fraction of sp³-hybridized carbons (Fsp3) is 0.0968. The molecule has 0 spiro atoms. The second kappa shape index (κ2) is 11.3. The molecule has 38 heavy (non-hydrogen) atoms. The summed E-state index contributed by atoms with van der Waals surface area (Å²) in [5.74, 6) is 0. The number of H-pyrrole nitrogens is 1. The van der Waals surface area contributed by atoms with Gasteiger partial charge in [0, 0.05) is 31.1 Å². The van der Waals surface area contributed by atoms with Crippen LogP contribution < -0.4 is 0 Å². The van der Waals surface area contributed by atoms with Crippen LogP contribution in [0, 0.1) is 27.3 Å². The summed E-state index contributed by atoms with van der Waals surface area (Å²) in [6, 6.07) is 21.7. The predicted octanol–water partition coefficient (Wildman–Crippen LogP) is 10.5. The number of aryl methyl sites for hydroxylation is 3. The lowest BCUT2D eigenvalue weighted by atomic mass is 9.90. The minimum absolute atomic E-state index is 0.571. The number of aromatic nitrogens is 1. The van der Waals surface area contributed by atoms with E-state index in [1.165, 1.54) is 28.5 Å². The van der Waals surface area contributed by atoms with E-state index in [-0.39, 0.29) is 0 Å². The smallest absolute Gasteiger partial charge is 0.218 e. The highest BCUT2D eigenvalue weighted by Crippen LogP contribution is 2.42. The molecule has 7 heteroatoms. The molecule has 1 aliphatic heterocycles. The molecular formula is C31H23Cl2N3S2. The van der Waals surface area contributed by atoms with E-state index in [0.717, 1.165) is 42.4 Å². The lowest BCUT2D eigenvalue weighted by Crippen LogP contribution is -1.99. The van der Waals surface area contributed by atoms with Gasteiger partial charge in [-0.3, -0.25) is 0 Å². The first-order valence-electron chi connectivity index (χ1n) is 11.9. The maximum Gasteiger partial charge on any atom is 0.218 e. The molecule has 188 valence electrons. The number of aliphatic imine (C=N–C) groups is 1. The SMILES string of the molecule is [C-]#[N+]c1cc(/C(=C2/C=CC(Sc3ccc(Cl)cc3)=N2)c2c(C)cc(C)cc2C)[nH]c1Sc1ccc(Cl)cc1. The lowest BCUT2D eigenvalue weighted by molar-refractivity contribution is 1.17. The van der Waals surface area contributed by atoms with Crippen LogP contribution in [0.3, 0.4) is 0 Å². The van der Waals surface area contributed by atoms with Gasteiger partial charge in [0.1, 0.15) is 5.04 Å². The van der Waals surface area contributed by atoms with Gasteiger partial charge in [-0.25, -0.2) is 9.84 Å². The highest BCUT2D eigenvalue weighted by Gasteiger charge is 2.22. The van der Waals surface area contributed by atoms with Gasteiger partial charge >= 0.3 is 0 Å². The van der Waals surface area contributed by atoms with Crippen LogP contribution in [0.4, 0.5) is 5.69 Å². The average molecular weight is 573 g/mol. The van der Waals surface area contributed by atoms with Crippen LogP contribution in [-0.2, 0) is 0 Å². The van der Waals surface area contributed by atoms with Gasteiger partial charge < -0.3 is 4.98 Å². The molecule has 3 aromatic carbocycles. The number of nitrogens with zero attached hydrogens (tertiary/aromatic N) is 2. The summed E-state index contributed by atoms with van der Waals surface area (Å²) < 4.78 is 0. The highest BCUT2D eigenvalue weighted by molar-refractivity contribution is 8.14. The summed E-state index contributed by atoms with van der Waals surface area (Å²) >= 11 is 15.2. The van der Waals surface area contributed by atoms with Crippen molar-refractivity contribution in [3.63, 3.8) is 0 Å². The van der Waals surface area contributed by atoms with Crippen LogP contribution in [0.25, 0.3) is 10.4 Å². The molecule has 2 heterocycles. The molecule has 1 N–H and O–H groups in total. The van der Waals surface area contributed by atoms with Crippen molar-refractivity contribution in [2.75, 3.05) is 0 Å². The van der Waals surface area contributed by atoms with Crippen molar-refractivity contribution in [1.82, 2.24) is 4.98 Å². The third-order valence-electron chi connectivity index (χ3n) is 6.02. The summed E-state index contributed by atoms with van der Waals surface area (Å²) in [6.45, 7) is 14.2. The van der Waals surface area contributed by atoms with Crippen molar-refractivity contribution in [3.05, 3.63) is 134 Å². The molecule has 1 aliphatic rings. The van der Waals surface area contributed by atoms with Crippen LogP contribution in [-0.4, -0.2) is 10.0 Å². The van der Waals surface area contributed by atoms with Crippen molar-refractivity contribution >= 4 is 63.0 Å². The zero-order chi connectivity index (χ0) is 26.8. The number of nitrogens with one attached hydrogen (secondary N) is 1. The predicted molar refractivity (Wildman–Crippen MR) is 163 cm³/mol. The minimum Gasteiger partial charge on any atom is -0.359 e. The largest absolute Gasteiger partial charge is 0.359 e. The molecule has 3 nitrogen and oxygen atoms in total. The molecule has 0 radical (unpaired) electrons. The maximum absolute atomic E-state index is 7.84. The second-order valence-electron chi connectivity index (χ2n) is 8.94. The van der Waals surface area contributed by atoms with Crippen LogP contribution in [0.15, 0.2) is 104 Å². The molecule has 0 amide bonds. The third-order valence-corrected chi connectivity index (χ3v) is 8.49. The zero-order valence-electron chi connectivity index (χ0n) is 21.0. The molecule has 0 atom stereocenters. The second-order valence-corrected chi connectivity index (χ2v) is 12.0. The van der Waals surface area contributed by atoms with E-state index >= 15 is 0 Å². The van der Waals surface area contributed by atoms with Crippen molar-refractivity contribution in [3.8, 4) is 0 Å². The lowest BCUT2D eigenvalue weighted by Gasteiger charge is -2.16. The first kappa shape index (κ1) is 26.5. The van der Waals surface area contributed by atoms with Crippen molar-refractivity contribution in [2.24, 2.45) is 4.99 Å². The van der Waals surface area contributed by atoms with Gasteiger partial charge in [0.2, 0.25) is 5.69 Å². The van der Waals surface area contributed by atoms with E-state index in [4.69, 9.17) is 34.8 Å². The Kier molecular flexibility index (Phi) is 7.88. The Morgan fingerprint density at radius 1 is 0.816 bits per heavy atom. The molecule has 0 saturated carbocycles. The van der Waals surface area contributed by atoms with Crippen LogP contribution in [0.5, 0.6) is 0 Å². The highest BCUT2D eigenvalue weighted by atomic mass is 35.5. The zero-order valence-corrected chi connectivity index (χ0v) is 24.1. The van der Waals surface area contributed by atoms with Crippen molar-refractivity contribution < 1.29 is 0 Å². The Bertz CT molecular complexity index is 1630. The topological polar surface area (TPSA) is 32.5 Å². The monoisotopic (exact) mass is 571 g/mol. The number of thioether (sulfide) groups is 1. The van der Waals surface area contributed by atoms with E-state index in [1.54, 1.807) is 11.8 Å². The van der Waals surface area contributed by atoms with Gasteiger partial charge in [-0.2, -0.15) is 0 Å². The fourth-order valence-electron chi connectivity index (χ4n) is 4.48. The molecule has 0 saturated heterocycles. The van der Waals surface area contributed by atoms with Gasteiger partial charge in [0.15, 0.2) is 0 Å². The fourth-order valence-corrected chi connectivity index (χ4v) is 6.40. The standard InChI is InChI=1S/C31H23Cl2N3S2/c1-18-15-19(2)29(20(3)16-18)30(25-13-14-28(35-25)37-23-9-5-21(32)6-10-23)26-17-27(34-4)31(36-26)38-24-11-7-22(33)8-12-24/h5-17,36H,1-3H3/b30-25+. The van der Waals surface area contributed by atoms with E-state index in [1.807, 2.05) is 60.7 Å². The third kappa shape index (κ3) is 5.80. The Labute approximate surface area is 241 Å². The van der Waals surface area contributed by atoms with Gasteiger partial charge in [0.05, 0.1) is 17.3 Å². The Balaban J connectivity index is 1.62. The van der Waals surface area contributed by atoms with Crippen LogP contribution >= 0.6 is 46.7 Å². The van der Waals surface area contributed by atoms with Crippen molar-refractivity contribution in [1.29, 1.82) is 0 Å². The molecule has 0 fully saturated rings. The Morgan fingerprint density at radius 3 is 1.97 bits per heavy atom. The Morgan fingerprint density at radius 2 is 1.39 bits per heavy atom. The molecule has 1 aromatic heterocycles. The summed E-state index contributed by atoms with van der Waals surface area (Å²) in [6.07, 6.45) is 4.09. The maximum atomic E-state index is 7.84. The van der Waals surface area contributed by atoms with Gasteiger partial charge in [-0.1, -0.05) is 64.4 Å². The molecule has 4 aromatic rings. The average Bonchev–Trinajstić information content (AvgIpc) is 3.51. The number of benzene rings is 3. The number of hydrogen-bond acceptors (Lipinski definition) is 3. The molecule has 0 unspecified atom stereocenters. The van der Waals surface area contributed by atoms with E-state index in [0.29, 0.717) is 15.7 Å². The quantitative estimate of drug-likeness (QED) is 0.241.